The van der Waals surface area contributed by atoms with E-state index in [1.54, 1.807) is 6.92 Å². The predicted octanol–water partition coefficient (Wildman–Crippen LogP) is 1.26. The van der Waals surface area contributed by atoms with E-state index in [2.05, 4.69) is 0 Å². The molecule has 0 radical (unpaired) electrons. The minimum Gasteiger partial charge on any atom is -0.466 e. The Balaban J connectivity index is 2.15. The summed E-state index contributed by atoms with van der Waals surface area (Å²) in [5.74, 6) is -0.231. The van der Waals surface area contributed by atoms with Gasteiger partial charge >= 0.3 is 5.97 Å². The molecule has 0 spiro atoms. The van der Waals surface area contributed by atoms with Gasteiger partial charge in [-0.15, -0.1) is 0 Å². The lowest BCUT2D eigenvalue weighted by molar-refractivity contribution is -0.155. The monoisotopic (exact) mass is 216 g/mol. The van der Waals surface area contributed by atoms with Gasteiger partial charge in [-0.05, 0) is 20.3 Å². The van der Waals surface area contributed by atoms with Crippen LogP contribution >= 0.6 is 0 Å². The number of hydrogen-bond acceptors (Lipinski definition) is 4. The van der Waals surface area contributed by atoms with Gasteiger partial charge in [-0.2, -0.15) is 0 Å². The van der Waals surface area contributed by atoms with Crippen molar-refractivity contribution in [1.29, 1.82) is 0 Å². The standard InChI is InChI=1S/C11H20O4/c1-3-14-9-7-11(13,8-9)6-5-10(12)15-4-2/h9,13H,3-8H2,1-2H3. The van der Waals surface area contributed by atoms with E-state index in [0.717, 1.165) is 0 Å². The quantitative estimate of drug-likeness (QED) is 0.679. The van der Waals surface area contributed by atoms with Crippen molar-refractivity contribution in [2.24, 2.45) is 0 Å². The molecule has 0 aromatic heterocycles. The van der Waals surface area contributed by atoms with Crippen molar-refractivity contribution in [3.8, 4) is 0 Å². The van der Waals surface area contributed by atoms with Crippen LogP contribution in [-0.4, -0.2) is 36.0 Å². The van der Waals surface area contributed by atoms with Crippen molar-refractivity contribution in [3.05, 3.63) is 0 Å². The smallest absolute Gasteiger partial charge is 0.305 e. The van der Waals surface area contributed by atoms with E-state index >= 15 is 0 Å². The Kier molecular flexibility index (Phi) is 4.54. The highest BCUT2D eigenvalue weighted by Gasteiger charge is 2.43. The third-order valence-corrected chi connectivity index (χ3v) is 2.72. The summed E-state index contributed by atoms with van der Waals surface area (Å²) < 4.78 is 10.2. The Bertz CT molecular complexity index is 209. The minimum atomic E-state index is -0.702. The van der Waals surface area contributed by atoms with E-state index in [1.165, 1.54) is 0 Å². The number of aliphatic hydroxyl groups is 1. The van der Waals surface area contributed by atoms with Gasteiger partial charge in [0, 0.05) is 25.9 Å². The summed E-state index contributed by atoms with van der Waals surface area (Å²) >= 11 is 0. The molecule has 0 heterocycles. The number of esters is 1. The normalized spacial score (nSPS) is 29.7. The van der Waals surface area contributed by atoms with Gasteiger partial charge in [0.15, 0.2) is 0 Å². The molecule has 88 valence electrons. The van der Waals surface area contributed by atoms with E-state index in [0.29, 0.717) is 38.9 Å². The van der Waals surface area contributed by atoms with Gasteiger partial charge in [-0.25, -0.2) is 0 Å². The zero-order valence-corrected chi connectivity index (χ0v) is 9.49. The number of ether oxygens (including phenoxy) is 2. The first-order valence-electron chi connectivity index (χ1n) is 5.59. The third kappa shape index (κ3) is 3.80. The van der Waals surface area contributed by atoms with E-state index in [1.807, 2.05) is 6.92 Å². The molecular formula is C11H20O4. The summed E-state index contributed by atoms with van der Waals surface area (Å²) in [5, 5.41) is 9.94. The first-order valence-corrected chi connectivity index (χ1v) is 5.59. The molecule has 1 N–H and O–H groups in total. The van der Waals surface area contributed by atoms with E-state index in [4.69, 9.17) is 9.47 Å². The minimum absolute atomic E-state index is 0.169. The van der Waals surface area contributed by atoms with Crippen molar-refractivity contribution in [2.45, 2.75) is 51.2 Å². The number of rotatable bonds is 6. The molecule has 0 aliphatic heterocycles. The number of carbonyl (C=O) groups excluding carboxylic acids is 1. The maximum atomic E-state index is 11.1. The Morgan fingerprint density at radius 2 is 2.07 bits per heavy atom. The van der Waals surface area contributed by atoms with E-state index in [9.17, 15) is 9.90 Å². The summed E-state index contributed by atoms with van der Waals surface area (Å²) in [4.78, 5) is 11.1. The summed E-state index contributed by atoms with van der Waals surface area (Å²) in [5.41, 5.74) is -0.702. The molecule has 1 saturated carbocycles. The second-order valence-corrected chi connectivity index (χ2v) is 4.01. The zero-order valence-electron chi connectivity index (χ0n) is 9.49. The first kappa shape index (κ1) is 12.5. The van der Waals surface area contributed by atoms with Crippen molar-refractivity contribution in [3.63, 3.8) is 0 Å². The molecule has 0 saturated heterocycles. The van der Waals surface area contributed by atoms with Crippen LogP contribution in [0.15, 0.2) is 0 Å². The predicted molar refractivity (Wildman–Crippen MR) is 55.5 cm³/mol. The van der Waals surface area contributed by atoms with Gasteiger partial charge in [0.2, 0.25) is 0 Å². The topological polar surface area (TPSA) is 55.8 Å². The molecule has 4 heteroatoms. The SMILES string of the molecule is CCOC(=O)CCC1(O)CC(OCC)C1. The molecule has 0 aromatic carbocycles. The van der Waals surface area contributed by atoms with Crippen LogP contribution in [0.3, 0.4) is 0 Å². The van der Waals surface area contributed by atoms with Gasteiger partial charge in [0.25, 0.3) is 0 Å². The van der Waals surface area contributed by atoms with Crippen molar-refractivity contribution in [2.75, 3.05) is 13.2 Å². The highest BCUT2D eigenvalue weighted by molar-refractivity contribution is 5.69. The fourth-order valence-electron chi connectivity index (χ4n) is 1.91. The van der Waals surface area contributed by atoms with E-state index in [-0.39, 0.29) is 12.1 Å². The molecule has 4 nitrogen and oxygen atoms in total. The van der Waals surface area contributed by atoms with Crippen molar-refractivity contribution >= 4 is 5.97 Å². The molecule has 0 aromatic rings. The highest BCUT2D eigenvalue weighted by atomic mass is 16.5. The molecule has 0 unspecified atom stereocenters. The van der Waals surface area contributed by atoms with Crippen LogP contribution in [0.2, 0.25) is 0 Å². The largest absolute Gasteiger partial charge is 0.466 e. The highest BCUT2D eigenvalue weighted by Crippen LogP contribution is 2.38. The van der Waals surface area contributed by atoms with Crippen LogP contribution in [0.1, 0.15) is 39.5 Å². The summed E-state index contributed by atoms with van der Waals surface area (Å²) in [6.07, 6.45) is 2.22. The first-order chi connectivity index (χ1) is 7.09. The molecular weight excluding hydrogens is 196 g/mol. The Labute approximate surface area is 90.6 Å². The maximum absolute atomic E-state index is 11.1. The molecule has 1 aliphatic rings. The van der Waals surface area contributed by atoms with Crippen molar-refractivity contribution in [1.82, 2.24) is 0 Å². The van der Waals surface area contributed by atoms with Gasteiger partial charge < -0.3 is 14.6 Å². The Morgan fingerprint density at radius 3 is 2.60 bits per heavy atom. The molecule has 0 atom stereocenters. The second-order valence-electron chi connectivity index (χ2n) is 4.01. The molecule has 0 bridgehead atoms. The lowest BCUT2D eigenvalue weighted by atomic mass is 9.74. The van der Waals surface area contributed by atoms with Gasteiger partial charge in [0.1, 0.15) is 0 Å². The molecule has 0 amide bonds. The average molecular weight is 216 g/mol. The van der Waals surface area contributed by atoms with Crippen LogP contribution in [0.25, 0.3) is 0 Å². The van der Waals surface area contributed by atoms with Gasteiger partial charge in [-0.1, -0.05) is 0 Å². The Morgan fingerprint density at radius 1 is 1.40 bits per heavy atom. The average Bonchev–Trinajstić information content (AvgIpc) is 2.13. The fourth-order valence-corrected chi connectivity index (χ4v) is 1.91. The Hall–Kier alpha value is -0.610. The summed E-state index contributed by atoms with van der Waals surface area (Å²) in [7, 11) is 0. The summed E-state index contributed by atoms with van der Waals surface area (Å²) in [6, 6.07) is 0. The molecule has 1 fully saturated rings. The number of carbonyl (C=O) groups is 1. The molecule has 15 heavy (non-hydrogen) atoms. The summed E-state index contributed by atoms with van der Waals surface area (Å²) in [6.45, 7) is 4.80. The lowest BCUT2D eigenvalue weighted by Crippen LogP contribution is -2.48. The van der Waals surface area contributed by atoms with Crippen LogP contribution < -0.4 is 0 Å². The van der Waals surface area contributed by atoms with Gasteiger partial charge in [0.05, 0.1) is 18.3 Å². The van der Waals surface area contributed by atoms with Crippen molar-refractivity contribution < 1.29 is 19.4 Å². The second kappa shape index (κ2) is 5.47. The molecule has 1 rings (SSSR count). The van der Waals surface area contributed by atoms with Crippen LogP contribution in [0, 0.1) is 0 Å². The fraction of sp³-hybridized carbons (Fsp3) is 0.909. The van der Waals surface area contributed by atoms with Crippen LogP contribution in [0.5, 0.6) is 0 Å². The molecule has 1 aliphatic carbocycles. The van der Waals surface area contributed by atoms with Gasteiger partial charge in [-0.3, -0.25) is 4.79 Å². The third-order valence-electron chi connectivity index (χ3n) is 2.72. The lowest BCUT2D eigenvalue weighted by Gasteiger charge is -2.43. The maximum Gasteiger partial charge on any atom is 0.305 e. The van der Waals surface area contributed by atoms with Crippen LogP contribution in [-0.2, 0) is 14.3 Å². The number of hydrogen-bond donors (Lipinski definition) is 1. The van der Waals surface area contributed by atoms with Crippen LogP contribution in [0.4, 0.5) is 0 Å². The van der Waals surface area contributed by atoms with E-state index < -0.39 is 5.60 Å². The zero-order chi connectivity index (χ0) is 11.3.